The van der Waals surface area contributed by atoms with Gasteiger partial charge in [0.15, 0.2) is 0 Å². The van der Waals surface area contributed by atoms with Crippen LogP contribution in [-0.2, 0) is 14.8 Å². The number of rotatable bonds is 5. The summed E-state index contributed by atoms with van der Waals surface area (Å²) in [6.07, 6.45) is 0.749. The standard InChI is InChI=1S/C21H25N3O4S/c1-5-16(4)22-20(25)13-23-18-8-6-7-9-19(18)29(27,28)24(21(23)26)17-11-10-14(2)12-15(17)3/h6-12,16H,5,13H2,1-4H3,(H,22,25). The van der Waals surface area contributed by atoms with Crippen molar-refractivity contribution < 1.29 is 18.0 Å². The van der Waals surface area contributed by atoms with Crippen LogP contribution in [0.3, 0.4) is 0 Å². The molecule has 2 aromatic rings. The second-order valence-electron chi connectivity index (χ2n) is 7.27. The van der Waals surface area contributed by atoms with Gasteiger partial charge in [-0.3, -0.25) is 9.69 Å². The maximum atomic E-state index is 13.3. The van der Waals surface area contributed by atoms with Crippen molar-refractivity contribution in [3.8, 4) is 0 Å². The Bertz CT molecular complexity index is 1070. The Morgan fingerprint density at radius 2 is 1.79 bits per heavy atom. The Kier molecular flexibility index (Phi) is 5.66. The summed E-state index contributed by atoms with van der Waals surface area (Å²) < 4.78 is 27.4. The molecular weight excluding hydrogens is 390 g/mol. The summed E-state index contributed by atoms with van der Waals surface area (Å²) in [5.74, 6) is -0.345. The lowest BCUT2D eigenvalue weighted by molar-refractivity contribution is -0.120. The first-order chi connectivity index (χ1) is 13.7. The third-order valence-corrected chi connectivity index (χ3v) is 6.71. The van der Waals surface area contributed by atoms with Crippen LogP contribution >= 0.6 is 0 Å². The molecule has 1 unspecified atom stereocenters. The fourth-order valence-electron chi connectivity index (χ4n) is 3.30. The molecule has 1 N–H and O–H groups in total. The van der Waals surface area contributed by atoms with Crippen molar-refractivity contribution in [3.63, 3.8) is 0 Å². The van der Waals surface area contributed by atoms with E-state index in [0.29, 0.717) is 5.56 Å². The maximum Gasteiger partial charge on any atom is 0.343 e. The van der Waals surface area contributed by atoms with Gasteiger partial charge in [-0.2, -0.15) is 4.31 Å². The quantitative estimate of drug-likeness (QED) is 0.811. The molecule has 2 aromatic carbocycles. The van der Waals surface area contributed by atoms with E-state index in [1.165, 1.54) is 11.0 Å². The van der Waals surface area contributed by atoms with Crippen LogP contribution in [0.2, 0.25) is 0 Å². The molecule has 3 rings (SSSR count). The van der Waals surface area contributed by atoms with Crippen molar-refractivity contribution in [2.45, 2.75) is 45.1 Å². The first kappa shape index (κ1) is 20.9. The Morgan fingerprint density at radius 3 is 2.45 bits per heavy atom. The van der Waals surface area contributed by atoms with Gasteiger partial charge in [0.05, 0.1) is 11.4 Å². The molecule has 1 atom stereocenters. The molecule has 1 aliphatic rings. The summed E-state index contributed by atoms with van der Waals surface area (Å²) >= 11 is 0. The number of hydrogen-bond acceptors (Lipinski definition) is 4. The first-order valence-electron chi connectivity index (χ1n) is 9.49. The molecule has 0 aliphatic carbocycles. The van der Waals surface area contributed by atoms with E-state index >= 15 is 0 Å². The summed E-state index contributed by atoms with van der Waals surface area (Å²) in [5.41, 5.74) is 2.10. The van der Waals surface area contributed by atoms with Crippen LogP contribution in [0.1, 0.15) is 31.4 Å². The number of carbonyl (C=O) groups is 2. The van der Waals surface area contributed by atoms with E-state index in [0.717, 1.165) is 16.3 Å². The monoisotopic (exact) mass is 415 g/mol. The number of carbonyl (C=O) groups excluding carboxylic acids is 2. The third kappa shape index (κ3) is 3.85. The number of fused-ring (bicyclic) bond motifs is 1. The molecule has 0 radical (unpaired) electrons. The largest absolute Gasteiger partial charge is 0.352 e. The number of amides is 3. The van der Waals surface area contributed by atoms with Crippen molar-refractivity contribution in [1.29, 1.82) is 0 Å². The topological polar surface area (TPSA) is 86.8 Å². The number of hydrogen-bond donors (Lipinski definition) is 1. The van der Waals surface area contributed by atoms with E-state index in [-0.39, 0.29) is 34.8 Å². The fraction of sp³-hybridized carbons (Fsp3) is 0.333. The smallest absolute Gasteiger partial charge is 0.343 e. The van der Waals surface area contributed by atoms with E-state index in [2.05, 4.69) is 5.32 Å². The Hall–Kier alpha value is -2.87. The molecule has 1 heterocycles. The van der Waals surface area contributed by atoms with Crippen LogP contribution in [0, 0.1) is 13.8 Å². The number of benzene rings is 2. The van der Waals surface area contributed by atoms with E-state index in [9.17, 15) is 18.0 Å². The molecule has 0 bridgehead atoms. The molecule has 3 amide bonds. The molecule has 0 saturated carbocycles. The second kappa shape index (κ2) is 7.87. The summed E-state index contributed by atoms with van der Waals surface area (Å²) in [5, 5.41) is 2.82. The number of sulfonamides is 1. The fourth-order valence-corrected chi connectivity index (χ4v) is 4.95. The number of anilines is 2. The SMILES string of the molecule is CCC(C)NC(=O)CN1C(=O)N(c2ccc(C)cc2C)S(=O)(=O)c2ccccc21. The minimum Gasteiger partial charge on any atom is -0.352 e. The molecule has 154 valence electrons. The van der Waals surface area contributed by atoms with Crippen LogP contribution in [0.4, 0.5) is 16.2 Å². The molecule has 0 aromatic heterocycles. The van der Waals surface area contributed by atoms with Crippen LogP contribution in [0.25, 0.3) is 0 Å². The Morgan fingerprint density at radius 1 is 1.10 bits per heavy atom. The zero-order valence-corrected chi connectivity index (χ0v) is 17.8. The lowest BCUT2D eigenvalue weighted by Gasteiger charge is -2.36. The summed E-state index contributed by atoms with van der Waals surface area (Å²) in [6.45, 7) is 7.20. The molecule has 1 aliphatic heterocycles. The van der Waals surface area contributed by atoms with Crippen molar-refractivity contribution in [3.05, 3.63) is 53.6 Å². The molecule has 7 nitrogen and oxygen atoms in total. The first-order valence-corrected chi connectivity index (χ1v) is 10.9. The number of para-hydroxylation sites is 1. The predicted octanol–water partition coefficient (Wildman–Crippen LogP) is 3.35. The van der Waals surface area contributed by atoms with Gasteiger partial charge in [-0.25, -0.2) is 13.2 Å². The van der Waals surface area contributed by atoms with E-state index in [1.54, 1.807) is 37.3 Å². The van der Waals surface area contributed by atoms with Crippen LogP contribution in [-0.4, -0.2) is 32.9 Å². The maximum absolute atomic E-state index is 13.3. The van der Waals surface area contributed by atoms with Gasteiger partial charge in [0, 0.05) is 6.04 Å². The Balaban J connectivity index is 2.10. The Labute approximate surface area is 171 Å². The highest BCUT2D eigenvalue weighted by molar-refractivity contribution is 7.94. The highest BCUT2D eigenvalue weighted by Crippen LogP contribution is 2.38. The van der Waals surface area contributed by atoms with Gasteiger partial charge in [-0.15, -0.1) is 0 Å². The normalized spacial score (nSPS) is 16.3. The minimum atomic E-state index is -4.11. The van der Waals surface area contributed by atoms with Gasteiger partial charge in [0.25, 0.3) is 10.0 Å². The van der Waals surface area contributed by atoms with Gasteiger partial charge < -0.3 is 5.32 Å². The van der Waals surface area contributed by atoms with Crippen molar-refractivity contribution in [2.75, 3.05) is 15.7 Å². The van der Waals surface area contributed by atoms with Crippen LogP contribution in [0.5, 0.6) is 0 Å². The molecule has 0 saturated heterocycles. The van der Waals surface area contributed by atoms with Gasteiger partial charge >= 0.3 is 6.03 Å². The highest BCUT2D eigenvalue weighted by Gasteiger charge is 2.43. The summed E-state index contributed by atoms with van der Waals surface area (Å²) in [4.78, 5) is 27.0. The molecule has 8 heteroatoms. The predicted molar refractivity (Wildman–Crippen MR) is 113 cm³/mol. The molecule has 0 fully saturated rings. The lowest BCUT2D eigenvalue weighted by atomic mass is 10.1. The third-order valence-electron chi connectivity index (χ3n) is 4.97. The number of nitrogens with zero attached hydrogens (tertiary/aromatic N) is 2. The lowest BCUT2D eigenvalue weighted by Crippen LogP contribution is -2.54. The average Bonchev–Trinajstić information content (AvgIpc) is 2.66. The van der Waals surface area contributed by atoms with Crippen molar-refractivity contribution >= 4 is 33.3 Å². The van der Waals surface area contributed by atoms with Gasteiger partial charge in [-0.05, 0) is 51.0 Å². The zero-order chi connectivity index (χ0) is 21.3. The van der Waals surface area contributed by atoms with Crippen LogP contribution in [0.15, 0.2) is 47.4 Å². The molecule has 0 spiro atoms. The average molecular weight is 416 g/mol. The van der Waals surface area contributed by atoms with E-state index in [1.807, 2.05) is 26.8 Å². The minimum absolute atomic E-state index is 0.00378. The second-order valence-corrected chi connectivity index (χ2v) is 9.03. The highest BCUT2D eigenvalue weighted by atomic mass is 32.2. The van der Waals surface area contributed by atoms with Gasteiger partial charge in [0.2, 0.25) is 5.91 Å². The number of nitrogens with one attached hydrogen (secondary N) is 1. The molecular formula is C21H25N3O4S. The van der Waals surface area contributed by atoms with Gasteiger partial charge in [-0.1, -0.05) is 36.8 Å². The zero-order valence-electron chi connectivity index (χ0n) is 17.0. The summed E-state index contributed by atoms with van der Waals surface area (Å²) in [7, 11) is -4.11. The van der Waals surface area contributed by atoms with E-state index in [4.69, 9.17) is 0 Å². The summed E-state index contributed by atoms with van der Waals surface area (Å²) in [6, 6.07) is 10.6. The van der Waals surface area contributed by atoms with E-state index < -0.39 is 16.1 Å². The number of urea groups is 1. The van der Waals surface area contributed by atoms with Crippen LogP contribution < -0.4 is 14.5 Å². The number of aryl methyl sites for hydroxylation is 2. The van der Waals surface area contributed by atoms with Crippen molar-refractivity contribution in [1.82, 2.24) is 5.32 Å². The van der Waals surface area contributed by atoms with Crippen molar-refractivity contribution in [2.24, 2.45) is 0 Å². The van der Waals surface area contributed by atoms with Gasteiger partial charge in [0.1, 0.15) is 11.4 Å². The molecule has 29 heavy (non-hydrogen) atoms.